The lowest BCUT2D eigenvalue weighted by Gasteiger charge is -2.00. The van der Waals surface area contributed by atoms with Gasteiger partial charge in [0.1, 0.15) is 0 Å². The van der Waals surface area contributed by atoms with Crippen LogP contribution in [0.5, 0.6) is 0 Å². The molecule has 0 amide bonds. The molecule has 0 fully saturated rings. The van der Waals surface area contributed by atoms with Crippen LogP contribution in [0.15, 0.2) is 36.5 Å². The summed E-state index contributed by atoms with van der Waals surface area (Å²) in [5.74, 6) is 0. The lowest BCUT2D eigenvalue weighted by molar-refractivity contribution is 0.595. The molecule has 0 unspecified atom stereocenters. The number of para-hydroxylation sites is 1. The highest BCUT2D eigenvalue weighted by Gasteiger charge is 2.07. The molecule has 0 aliphatic heterocycles. The summed E-state index contributed by atoms with van der Waals surface area (Å²) in [6.45, 7) is 0. The maximum absolute atomic E-state index is 11.3. The lowest BCUT2D eigenvalue weighted by atomic mass is 10.3. The summed E-state index contributed by atoms with van der Waals surface area (Å²) in [4.78, 5) is 0. The van der Waals surface area contributed by atoms with Gasteiger partial charge in [0, 0.05) is 11.6 Å². The quantitative estimate of drug-likeness (QED) is 0.690. The van der Waals surface area contributed by atoms with E-state index < -0.39 is 10.0 Å². The van der Waals surface area contributed by atoms with Gasteiger partial charge in [-0.25, -0.2) is 12.4 Å². The Labute approximate surface area is 76.7 Å². The summed E-state index contributed by atoms with van der Waals surface area (Å²) in [6, 6.07) is 9.17. The van der Waals surface area contributed by atoms with Crippen LogP contribution in [0.1, 0.15) is 0 Å². The van der Waals surface area contributed by atoms with E-state index >= 15 is 0 Å². The van der Waals surface area contributed by atoms with Crippen LogP contribution in [0.4, 0.5) is 0 Å². The van der Waals surface area contributed by atoms with Crippen molar-refractivity contribution in [3.8, 4) is 0 Å². The first-order valence-electron chi connectivity index (χ1n) is 3.86. The molecule has 2 rings (SSSR count). The second-order valence-electron chi connectivity index (χ2n) is 2.93. The van der Waals surface area contributed by atoms with Crippen LogP contribution in [0.2, 0.25) is 0 Å². The third-order valence-corrected chi connectivity index (χ3v) is 2.95. The van der Waals surface area contributed by atoms with E-state index in [-0.39, 0.29) is 0 Å². The van der Waals surface area contributed by atoms with Crippen LogP contribution in [0.25, 0.3) is 10.9 Å². The predicted molar refractivity (Wildman–Crippen MR) is 52.2 cm³/mol. The summed E-state index contributed by atoms with van der Waals surface area (Å²) < 4.78 is 23.8. The minimum absolute atomic E-state index is 0.727. The van der Waals surface area contributed by atoms with Crippen molar-refractivity contribution in [3.05, 3.63) is 36.5 Å². The van der Waals surface area contributed by atoms with Crippen molar-refractivity contribution < 1.29 is 8.42 Å². The van der Waals surface area contributed by atoms with Crippen LogP contribution < -0.4 is 0 Å². The van der Waals surface area contributed by atoms with E-state index in [1.54, 1.807) is 18.3 Å². The van der Waals surface area contributed by atoms with Crippen molar-refractivity contribution in [2.75, 3.05) is 6.26 Å². The number of rotatable bonds is 1. The average molecular weight is 195 g/mol. The van der Waals surface area contributed by atoms with Crippen molar-refractivity contribution in [2.24, 2.45) is 0 Å². The molecule has 0 aliphatic carbocycles. The second-order valence-corrected chi connectivity index (χ2v) is 4.79. The Balaban J connectivity index is 2.87. The maximum atomic E-state index is 11.3. The monoisotopic (exact) mass is 195 g/mol. The van der Waals surface area contributed by atoms with Gasteiger partial charge in [0.2, 0.25) is 10.0 Å². The van der Waals surface area contributed by atoms with Gasteiger partial charge in [0.15, 0.2) is 0 Å². The summed E-state index contributed by atoms with van der Waals surface area (Å²) in [5.41, 5.74) is 0.727. The summed E-state index contributed by atoms with van der Waals surface area (Å²) >= 11 is 0. The van der Waals surface area contributed by atoms with Crippen molar-refractivity contribution in [1.29, 1.82) is 0 Å². The summed E-state index contributed by atoms with van der Waals surface area (Å²) in [5, 5.41) is 0.938. The van der Waals surface area contributed by atoms with E-state index in [2.05, 4.69) is 0 Å². The Morgan fingerprint density at radius 3 is 2.54 bits per heavy atom. The van der Waals surface area contributed by atoms with Crippen LogP contribution in [0, 0.1) is 0 Å². The smallest absolute Gasteiger partial charge is 0.236 e. The van der Waals surface area contributed by atoms with Crippen LogP contribution in [-0.4, -0.2) is 18.6 Å². The van der Waals surface area contributed by atoms with E-state index in [0.717, 1.165) is 10.9 Å². The molecule has 13 heavy (non-hydrogen) atoms. The summed E-state index contributed by atoms with van der Waals surface area (Å²) in [6.07, 6.45) is 2.76. The molecule has 4 heteroatoms. The highest BCUT2D eigenvalue weighted by molar-refractivity contribution is 7.89. The fraction of sp³-hybridized carbons (Fsp3) is 0.111. The van der Waals surface area contributed by atoms with E-state index in [1.807, 2.05) is 18.2 Å². The van der Waals surface area contributed by atoms with Gasteiger partial charge in [-0.1, -0.05) is 18.2 Å². The van der Waals surface area contributed by atoms with Crippen molar-refractivity contribution in [3.63, 3.8) is 0 Å². The van der Waals surface area contributed by atoms with E-state index in [9.17, 15) is 8.42 Å². The Morgan fingerprint density at radius 1 is 1.15 bits per heavy atom. The molecule has 0 saturated carbocycles. The van der Waals surface area contributed by atoms with E-state index in [4.69, 9.17) is 0 Å². The SMILES string of the molecule is CS(=O)(=O)n1ccc2ccccc21. The average Bonchev–Trinajstić information content (AvgIpc) is 2.45. The molecule has 1 heterocycles. The fourth-order valence-corrected chi connectivity index (χ4v) is 2.15. The Morgan fingerprint density at radius 2 is 1.85 bits per heavy atom. The first kappa shape index (κ1) is 8.31. The van der Waals surface area contributed by atoms with Crippen LogP contribution in [0.3, 0.4) is 0 Å². The highest BCUT2D eigenvalue weighted by Crippen LogP contribution is 2.16. The molecule has 2 aromatic rings. The molecule has 1 aromatic carbocycles. The zero-order valence-electron chi connectivity index (χ0n) is 7.14. The van der Waals surface area contributed by atoms with Gasteiger partial charge in [-0.3, -0.25) is 0 Å². The normalized spacial score (nSPS) is 12.1. The zero-order valence-corrected chi connectivity index (χ0v) is 7.95. The predicted octanol–water partition coefficient (Wildman–Crippen LogP) is 1.45. The molecule has 0 bridgehead atoms. The van der Waals surface area contributed by atoms with Crippen molar-refractivity contribution in [1.82, 2.24) is 3.97 Å². The highest BCUT2D eigenvalue weighted by atomic mass is 32.2. The molecule has 0 atom stereocenters. The molecular weight excluding hydrogens is 186 g/mol. The van der Waals surface area contributed by atoms with Gasteiger partial charge in [-0.2, -0.15) is 0 Å². The second kappa shape index (κ2) is 2.60. The minimum Gasteiger partial charge on any atom is -0.245 e. The van der Waals surface area contributed by atoms with Crippen molar-refractivity contribution in [2.45, 2.75) is 0 Å². The molecule has 0 aliphatic rings. The Bertz CT molecular complexity index is 539. The largest absolute Gasteiger partial charge is 0.245 e. The Kier molecular flexibility index (Phi) is 1.66. The van der Waals surface area contributed by atoms with Gasteiger partial charge in [0.25, 0.3) is 0 Å². The number of benzene rings is 1. The minimum atomic E-state index is -3.17. The van der Waals surface area contributed by atoms with Crippen LogP contribution in [-0.2, 0) is 10.0 Å². The molecule has 3 nitrogen and oxygen atoms in total. The maximum Gasteiger partial charge on any atom is 0.236 e. The number of hydrogen-bond donors (Lipinski definition) is 0. The zero-order chi connectivity index (χ0) is 9.47. The number of aromatic nitrogens is 1. The van der Waals surface area contributed by atoms with Gasteiger partial charge in [-0.05, 0) is 12.1 Å². The van der Waals surface area contributed by atoms with Gasteiger partial charge in [0.05, 0.1) is 11.8 Å². The van der Waals surface area contributed by atoms with E-state index in [1.165, 1.54) is 10.2 Å². The van der Waals surface area contributed by atoms with Crippen LogP contribution >= 0.6 is 0 Å². The van der Waals surface area contributed by atoms with E-state index in [0.29, 0.717) is 0 Å². The van der Waals surface area contributed by atoms with Gasteiger partial charge in [-0.15, -0.1) is 0 Å². The number of hydrogen-bond acceptors (Lipinski definition) is 2. The fourth-order valence-electron chi connectivity index (χ4n) is 1.35. The molecule has 0 radical (unpaired) electrons. The molecule has 0 N–H and O–H groups in total. The first-order valence-corrected chi connectivity index (χ1v) is 5.70. The molecule has 68 valence electrons. The van der Waals surface area contributed by atoms with Gasteiger partial charge >= 0.3 is 0 Å². The first-order chi connectivity index (χ1) is 6.09. The van der Waals surface area contributed by atoms with Gasteiger partial charge < -0.3 is 0 Å². The standard InChI is InChI=1S/C9H9NO2S/c1-13(11,12)10-7-6-8-4-2-3-5-9(8)10/h2-7H,1H3. The molecule has 1 aromatic heterocycles. The molecule has 0 spiro atoms. The third-order valence-electron chi connectivity index (χ3n) is 1.92. The lowest BCUT2D eigenvalue weighted by Crippen LogP contribution is -2.07. The number of nitrogens with zero attached hydrogens (tertiary/aromatic N) is 1. The summed E-state index contributed by atoms with van der Waals surface area (Å²) in [7, 11) is -3.17. The van der Waals surface area contributed by atoms with Crippen molar-refractivity contribution >= 4 is 20.9 Å². The number of fused-ring (bicyclic) bond motifs is 1. The Hall–Kier alpha value is -1.29. The molecule has 0 saturated heterocycles. The third kappa shape index (κ3) is 1.33. The molecular formula is C9H9NO2S. The topological polar surface area (TPSA) is 39.1 Å².